The Kier molecular flexibility index (Phi) is 4.59. The van der Waals surface area contributed by atoms with E-state index in [2.05, 4.69) is 15.3 Å². The predicted molar refractivity (Wildman–Crippen MR) is 80.3 cm³/mol. The maximum atomic E-state index is 12.6. The Balaban J connectivity index is 2.24. The molecule has 0 aliphatic heterocycles. The van der Waals surface area contributed by atoms with Gasteiger partial charge < -0.3 is 9.88 Å². The van der Waals surface area contributed by atoms with Gasteiger partial charge in [0.15, 0.2) is 0 Å². The van der Waals surface area contributed by atoms with Gasteiger partial charge in [-0.1, -0.05) is 0 Å². The molecule has 0 bridgehead atoms. The maximum absolute atomic E-state index is 12.6. The van der Waals surface area contributed by atoms with Crippen molar-refractivity contribution < 1.29 is 8.42 Å². The van der Waals surface area contributed by atoms with Crippen molar-refractivity contribution in [3.8, 4) is 0 Å². The van der Waals surface area contributed by atoms with E-state index in [0.717, 1.165) is 0 Å². The third-order valence-corrected chi connectivity index (χ3v) is 4.88. The van der Waals surface area contributed by atoms with Crippen molar-refractivity contribution in [3.63, 3.8) is 0 Å². The van der Waals surface area contributed by atoms with Gasteiger partial charge in [0.05, 0.1) is 11.4 Å². The Morgan fingerprint density at radius 1 is 1.33 bits per heavy atom. The highest BCUT2D eigenvalue weighted by Crippen LogP contribution is 2.18. The summed E-state index contributed by atoms with van der Waals surface area (Å²) in [6.07, 6.45) is 4.91. The average Bonchev–Trinajstić information content (AvgIpc) is 2.85. The van der Waals surface area contributed by atoms with Crippen molar-refractivity contribution in [2.45, 2.75) is 18.4 Å². The lowest BCUT2D eigenvalue weighted by atomic mass is 10.4. The van der Waals surface area contributed by atoms with Crippen molar-refractivity contribution >= 4 is 15.8 Å². The van der Waals surface area contributed by atoms with Gasteiger partial charge in [-0.05, 0) is 13.0 Å². The molecule has 0 spiro atoms. The second-order valence-corrected chi connectivity index (χ2v) is 6.67. The molecule has 0 aliphatic carbocycles. The first-order chi connectivity index (χ1) is 9.95. The summed E-state index contributed by atoms with van der Waals surface area (Å²) >= 11 is 0. The standard InChI is InChI=1S/C13H19N5O2S/c1-4-14-12-9-11(5-6-15-12)21(19,20)18(3)10-13-16-7-8-17(13)2/h5-9H,4,10H2,1-3H3,(H,14,15). The average molecular weight is 309 g/mol. The summed E-state index contributed by atoms with van der Waals surface area (Å²) in [6.45, 7) is 2.82. The van der Waals surface area contributed by atoms with E-state index in [4.69, 9.17) is 0 Å². The third kappa shape index (κ3) is 3.40. The van der Waals surface area contributed by atoms with Crippen LogP contribution in [0.2, 0.25) is 0 Å². The first-order valence-electron chi connectivity index (χ1n) is 6.57. The van der Waals surface area contributed by atoms with E-state index in [-0.39, 0.29) is 11.4 Å². The normalized spacial score (nSPS) is 11.8. The predicted octanol–water partition coefficient (Wildman–Crippen LogP) is 1.07. The fourth-order valence-corrected chi connectivity index (χ4v) is 3.00. The molecule has 2 aromatic heterocycles. The molecule has 0 atom stereocenters. The van der Waals surface area contributed by atoms with Crippen LogP contribution in [-0.4, -0.2) is 40.9 Å². The number of aryl methyl sites for hydroxylation is 1. The Hall–Kier alpha value is -1.93. The summed E-state index contributed by atoms with van der Waals surface area (Å²) in [6, 6.07) is 3.03. The Labute approximate surface area is 124 Å². The maximum Gasteiger partial charge on any atom is 0.243 e. The SMILES string of the molecule is CCNc1cc(S(=O)(=O)N(C)Cc2nccn2C)ccn1. The second-order valence-electron chi connectivity index (χ2n) is 4.62. The van der Waals surface area contributed by atoms with Crippen LogP contribution < -0.4 is 5.32 Å². The van der Waals surface area contributed by atoms with Crippen LogP contribution in [0.1, 0.15) is 12.7 Å². The van der Waals surface area contributed by atoms with Gasteiger partial charge in [-0.2, -0.15) is 4.31 Å². The van der Waals surface area contributed by atoms with Crippen LogP contribution in [-0.2, 0) is 23.6 Å². The molecule has 0 amide bonds. The number of anilines is 1. The molecule has 21 heavy (non-hydrogen) atoms. The molecule has 0 unspecified atom stereocenters. The summed E-state index contributed by atoms with van der Waals surface area (Å²) in [7, 11) is -0.202. The molecule has 0 aliphatic rings. The van der Waals surface area contributed by atoms with E-state index >= 15 is 0 Å². The number of nitrogens with zero attached hydrogens (tertiary/aromatic N) is 4. The number of imidazole rings is 1. The quantitative estimate of drug-likeness (QED) is 0.863. The zero-order valence-corrected chi connectivity index (χ0v) is 13.1. The van der Waals surface area contributed by atoms with Crippen LogP contribution in [0.4, 0.5) is 5.82 Å². The van der Waals surface area contributed by atoms with E-state index in [9.17, 15) is 8.42 Å². The number of hydrogen-bond acceptors (Lipinski definition) is 5. The Bertz CT molecular complexity index is 711. The summed E-state index contributed by atoms with van der Waals surface area (Å²) in [5.41, 5.74) is 0. The molecule has 1 N–H and O–H groups in total. The van der Waals surface area contributed by atoms with Crippen LogP contribution in [0.3, 0.4) is 0 Å². The summed E-state index contributed by atoms with van der Waals surface area (Å²) < 4.78 is 28.2. The minimum atomic E-state index is -3.57. The van der Waals surface area contributed by atoms with Crippen LogP contribution in [0.15, 0.2) is 35.6 Å². The lowest BCUT2D eigenvalue weighted by molar-refractivity contribution is 0.451. The zero-order chi connectivity index (χ0) is 15.5. The van der Waals surface area contributed by atoms with E-state index in [0.29, 0.717) is 18.2 Å². The topological polar surface area (TPSA) is 80.1 Å². The first-order valence-corrected chi connectivity index (χ1v) is 8.01. The van der Waals surface area contributed by atoms with Gasteiger partial charge in [-0.25, -0.2) is 18.4 Å². The molecule has 2 heterocycles. The molecular formula is C13H19N5O2S. The van der Waals surface area contributed by atoms with Crippen molar-refractivity contribution in [1.82, 2.24) is 18.8 Å². The van der Waals surface area contributed by atoms with Crippen LogP contribution >= 0.6 is 0 Å². The van der Waals surface area contributed by atoms with E-state index < -0.39 is 10.0 Å². The highest BCUT2D eigenvalue weighted by Gasteiger charge is 2.22. The molecule has 0 aromatic carbocycles. The number of aromatic nitrogens is 3. The zero-order valence-electron chi connectivity index (χ0n) is 12.3. The van der Waals surface area contributed by atoms with Gasteiger partial charge in [0.1, 0.15) is 11.6 Å². The molecule has 0 saturated carbocycles. The van der Waals surface area contributed by atoms with Crippen LogP contribution in [0, 0.1) is 0 Å². The van der Waals surface area contributed by atoms with Crippen LogP contribution in [0.25, 0.3) is 0 Å². The van der Waals surface area contributed by atoms with Crippen molar-refractivity contribution in [1.29, 1.82) is 0 Å². The minimum Gasteiger partial charge on any atom is -0.370 e. The van der Waals surface area contributed by atoms with Gasteiger partial charge in [-0.15, -0.1) is 0 Å². The van der Waals surface area contributed by atoms with Gasteiger partial charge >= 0.3 is 0 Å². The van der Waals surface area contributed by atoms with E-state index in [1.165, 1.54) is 29.7 Å². The van der Waals surface area contributed by atoms with Crippen molar-refractivity contribution in [2.24, 2.45) is 7.05 Å². The second kappa shape index (κ2) is 6.23. The van der Waals surface area contributed by atoms with Crippen molar-refractivity contribution in [3.05, 3.63) is 36.5 Å². The monoisotopic (exact) mass is 309 g/mol. The Morgan fingerprint density at radius 2 is 2.10 bits per heavy atom. The Morgan fingerprint density at radius 3 is 2.71 bits per heavy atom. The molecule has 0 saturated heterocycles. The number of sulfonamides is 1. The molecule has 2 aromatic rings. The van der Waals surface area contributed by atoms with E-state index in [1.807, 2.05) is 14.0 Å². The van der Waals surface area contributed by atoms with Gasteiger partial charge in [0, 0.05) is 45.3 Å². The number of nitrogens with one attached hydrogen (secondary N) is 1. The highest BCUT2D eigenvalue weighted by atomic mass is 32.2. The van der Waals surface area contributed by atoms with Gasteiger partial charge in [-0.3, -0.25) is 0 Å². The largest absolute Gasteiger partial charge is 0.370 e. The van der Waals surface area contributed by atoms with E-state index in [1.54, 1.807) is 17.0 Å². The lowest BCUT2D eigenvalue weighted by Gasteiger charge is -2.17. The number of hydrogen-bond donors (Lipinski definition) is 1. The fourth-order valence-electron chi connectivity index (χ4n) is 1.86. The summed E-state index contributed by atoms with van der Waals surface area (Å²) in [5.74, 6) is 1.23. The van der Waals surface area contributed by atoms with Crippen molar-refractivity contribution in [2.75, 3.05) is 18.9 Å². The fraction of sp³-hybridized carbons (Fsp3) is 0.385. The van der Waals surface area contributed by atoms with Gasteiger partial charge in [0.2, 0.25) is 10.0 Å². The molecule has 114 valence electrons. The third-order valence-electron chi connectivity index (χ3n) is 3.08. The molecule has 0 radical (unpaired) electrons. The first kappa shape index (κ1) is 15.5. The molecule has 2 rings (SSSR count). The minimum absolute atomic E-state index is 0.213. The molecule has 7 nitrogen and oxygen atoms in total. The summed E-state index contributed by atoms with van der Waals surface area (Å²) in [4.78, 5) is 8.44. The molecule has 0 fully saturated rings. The molecular weight excluding hydrogens is 290 g/mol. The van der Waals surface area contributed by atoms with Crippen LogP contribution in [0.5, 0.6) is 0 Å². The van der Waals surface area contributed by atoms with Gasteiger partial charge in [0.25, 0.3) is 0 Å². The highest BCUT2D eigenvalue weighted by molar-refractivity contribution is 7.89. The number of rotatable bonds is 6. The lowest BCUT2D eigenvalue weighted by Crippen LogP contribution is -2.27. The number of pyridine rings is 1. The molecule has 8 heteroatoms. The smallest absolute Gasteiger partial charge is 0.243 e. The summed E-state index contributed by atoms with van der Waals surface area (Å²) in [5, 5.41) is 3.00.